The third-order valence-electron chi connectivity index (χ3n) is 3.28. The first-order valence-electron chi connectivity index (χ1n) is 6.51. The highest BCUT2D eigenvalue weighted by Crippen LogP contribution is 2.18. The Morgan fingerprint density at radius 1 is 0.857 bits per heavy atom. The molecule has 0 aliphatic carbocycles. The lowest BCUT2D eigenvalue weighted by Gasteiger charge is -2.21. The van der Waals surface area contributed by atoms with Crippen molar-refractivity contribution in [2.75, 3.05) is 0 Å². The predicted octanol–water partition coefficient (Wildman–Crippen LogP) is 4.11. The summed E-state index contributed by atoms with van der Waals surface area (Å²) in [5.74, 6) is 0.765. The fourth-order valence-electron chi connectivity index (χ4n) is 2.06. The molecule has 2 atom stereocenters. The monoisotopic (exact) mass is 199 g/mol. The van der Waals surface area contributed by atoms with Gasteiger partial charge in [-0.05, 0) is 18.8 Å². The topological polar surface area (TPSA) is 26.0 Å². The van der Waals surface area contributed by atoms with Gasteiger partial charge in [-0.2, -0.15) is 0 Å². The zero-order valence-corrected chi connectivity index (χ0v) is 10.4. The fraction of sp³-hybridized carbons (Fsp3) is 1.00. The maximum Gasteiger partial charge on any atom is 0.00644 e. The van der Waals surface area contributed by atoms with Gasteiger partial charge in [0.15, 0.2) is 0 Å². The molecule has 0 bridgehead atoms. The first-order chi connectivity index (χ1) is 6.76. The Morgan fingerprint density at radius 3 is 2.00 bits per heavy atom. The summed E-state index contributed by atoms with van der Waals surface area (Å²) in [6, 6.07) is 0.436. The van der Waals surface area contributed by atoms with Gasteiger partial charge in [-0.1, -0.05) is 59.3 Å². The van der Waals surface area contributed by atoms with Crippen molar-refractivity contribution in [3.8, 4) is 0 Å². The largest absolute Gasteiger partial charge is 0.327 e. The van der Waals surface area contributed by atoms with Crippen LogP contribution in [-0.4, -0.2) is 6.04 Å². The Labute approximate surface area is 90.5 Å². The van der Waals surface area contributed by atoms with Crippen LogP contribution in [-0.2, 0) is 0 Å². The van der Waals surface area contributed by atoms with E-state index in [9.17, 15) is 0 Å². The summed E-state index contributed by atoms with van der Waals surface area (Å²) in [7, 11) is 0. The molecule has 0 radical (unpaired) electrons. The van der Waals surface area contributed by atoms with Crippen LogP contribution >= 0.6 is 0 Å². The summed E-state index contributed by atoms with van der Waals surface area (Å²) < 4.78 is 0. The molecule has 0 heterocycles. The lowest BCUT2D eigenvalue weighted by Crippen LogP contribution is -2.28. The zero-order chi connectivity index (χ0) is 10.8. The van der Waals surface area contributed by atoms with E-state index in [1.807, 2.05) is 0 Å². The van der Waals surface area contributed by atoms with Crippen LogP contribution in [0, 0.1) is 5.92 Å². The molecule has 2 N–H and O–H groups in total. The molecule has 0 saturated heterocycles. The summed E-state index contributed by atoms with van der Waals surface area (Å²) in [5.41, 5.74) is 6.07. The summed E-state index contributed by atoms with van der Waals surface area (Å²) in [6.07, 6.45) is 10.7. The van der Waals surface area contributed by atoms with Gasteiger partial charge >= 0.3 is 0 Å². The first kappa shape index (κ1) is 14.0. The van der Waals surface area contributed by atoms with Crippen molar-refractivity contribution in [3.63, 3.8) is 0 Å². The fourth-order valence-corrected chi connectivity index (χ4v) is 2.06. The van der Waals surface area contributed by atoms with E-state index in [0.29, 0.717) is 6.04 Å². The molecule has 0 aliphatic rings. The maximum atomic E-state index is 6.07. The van der Waals surface area contributed by atoms with Crippen molar-refractivity contribution < 1.29 is 0 Å². The van der Waals surface area contributed by atoms with Gasteiger partial charge in [-0.25, -0.2) is 0 Å². The Hall–Kier alpha value is -0.0400. The van der Waals surface area contributed by atoms with E-state index in [4.69, 9.17) is 5.73 Å². The molecule has 0 saturated carbocycles. The van der Waals surface area contributed by atoms with Crippen molar-refractivity contribution in [3.05, 3.63) is 0 Å². The van der Waals surface area contributed by atoms with Crippen molar-refractivity contribution in [2.45, 2.75) is 78.2 Å². The van der Waals surface area contributed by atoms with E-state index in [1.165, 1.54) is 44.9 Å². The molecule has 0 aromatic rings. The van der Waals surface area contributed by atoms with E-state index >= 15 is 0 Å². The molecule has 0 amide bonds. The van der Waals surface area contributed by atoms with E-state index < -0.39 is 0 Å². The second-order valence-electron chi connectivity index (χ2n) is 4.44. The molecule has 1 heteroatoms. The van der Waals surface area contributed by atoms with Gasteiger partial charge in [0.2, 0.25) is 0 Å². The molecule has 0 spiro atoms. The lowest BCUT2D eigenvalue weighted by molar-refractivity contribution is 0.358. The summed E-state index contributed by atoms with van der Waals surface area (Å²) in [6.45, 7) is 6.73. The molecule has 2 unspecified atom stereocenters. The summed E-state index contributed by atoms with van der Waals surface area (Å²) in [5, 5.41) is 0. The van der Waals surface area contributed by atoms with Crippen molar-refractivity contribution >= 4 is 0 Å². The van der Waals surface area contributed by atoms with Crippen LogP contribution in [0.5, 0.6) is 0 Å². The van der Waals surface area contributed by atoms with Crippen LogP contribution in [0.25, 0.3) is 0 Å². The third kappa shape index (κ3) is 6.42. The van der Waals surface area contributed by atoms with Crippen LogP contribution in [0.15, 0.2) is 0 Å². The Kier molecular flexibility index (Phi) is 9.49. The number of unbranched alkanes of at least 4 members (excludes halogenated alkanes) is 4. The molecule has 0 aromatic carbocycles. The molecule has 86 valence electrons. The van der Waals surface area contributed by atoms with Gasteiger partial charge in [-0.15, -0.1) is 0 Å². The molecule has 1 nitrogen and oxygen atoms in total. The minimum Gasteiger partial charge on any atom is -0.327 e. The van der Waals surface area contributed by atoms with E-state index in [1.54, 1.807) is 0 Å². The number of nitrogens with two attached hydrogens (primary N) is 1. The van der Waals surface area contributed by atoms with Crippen LogP contribution < -0.4 is 5.73 Å². The van der Waals surface area contributed by atoms with Crippen molar-refractivity contribution in [1.29, 1.82) is 0 Å². The van der Waals surface area contributed by atoms with Crippen LogP contribution in [0.3, 0.4) is 0 Å². The zero-order valence-electron chi connectivity index (χ0n) is 10.4. The SMILES string of the molecule is CCCCCCCC(CC)C(N)CC. The van der Waals surface area contributed by atoms with Gasteiger partial charge in [0.1, 0.15) is 0 Å². The van der Waals surface area contributed by atoms with Gasteiger partial charge in [0.05, 0.1) is 0 Å². The normalized spacial score (nSPS) is 15.4. The third-order valence-corrected chi connectivity index (χ3v) is 3.28. The average Bonchev–Trinajstić information content (AvgIpc) is 2.22. The average molecular weight is 199 g/mol. The Morgan fingerprint density at radius 2 is 1.50 bits per heavy atom. The predicted molar refractivity (Wildman–Crippen MR) is 65.4 cm³/mol. The lowest BCUT2D eigenvalue weighted by atomic mass is 9.90. The van der Waals surface area contributed by atoms with Gasteiger partial charge in [0.25, 0.3) is 0 Å². The standard InChI is InChI=1S/C13H29N/c1-4-7-8-9-10-11-12(5-2)13(14)6-3/h12-13H,4-11,14H2,1-3H3. The number of hydrogen-bond acceptors (Lipinski definition) is 1. The van der Waals surface area contributed by atoms with Gasteiger partial charge in [0, 0.05) is 6.04 Å². The maximum absolute atomic E-state index is 6.07. The van der Waals surface area contributed by atoms with Gasteiger partial charge < -0.3 is 5.73 Å². The molecule has 0 rings (SSSR count). The molecular formula is C13H29N. The molecule has 0 aliphatic heterocycles. The number of rotatable bonds is 9. The smallest absolute Gasteiger partial charge is 0.00644 e. The minimum absolute atomic E-state index is 0.436. The van der Waals surface area contributed by atoms with E-state index in [2.05, 4.69) is 20.8 Å². The van der Waals surface area contributed by atoms with Crippen LogP contribution in [0.4, 0.5) is 0 Å². The second-order valence-corrected chi connectivity index (χ2v) is 4.44. The first-order valence-corrected chi connectivity index (χ1v) is 6.51. The molecular weight excluding hydrogens is 170 g/mol. The second kappa shape index (κ2) is 9.51. The number of hydrogen-bond donors (Lipinski definition) is 1. The molecule has 14 heavy (non-hydrogen) atoms. The Bertz CT molecular complexity index is 112. The minimum atomic E-state index is 0.436. The highest BCUT2D eigenvalue weighted by atomic mass is 14.6. The summed E-state index contributed by atoms with van der Waals surface area (Å²) in [4.78, 5) is 0. The van der Waals surface area contributed by atoms with Crippen LogP contribution in [0.1, 0.15) is 72.1 Å². The molecule has 0 aromatic heterocycles. The van der Waals surface area contributed by atoms with Crippen molar-refractivity contribution in [2.24, 2.45) is 11.7 Å². The van der Waals surface area contributed by atoms with Crippen LogP contribution in [0.2, 0.25) is 0 Å². The van der Waals surface area contributed by atoms with E-state index in [0.717, 1.165) is 12.3 Å². The highest BCUT2D eigenvalue weighted by Gasteiger charge is 2.12. The molecule has 0 fully saturated rings. The Balaban J connectivity index is 3.42. The van der Waals surface area contributed by atoms with E-state index in [-0.39, 0.29) is 0 Å². The van der Waals surface area contributed by atoms with Gasteiger partial charge in [-0.3, -0.25) is 0 Å². The quantitative estimate of drug-likeness (QED) is 0.556. The highest BCUT2D eigenvalue weighted by molar-refractivity contribution is 4.70. The van der Waals surface area contributed by atoms with Crippen molar-refractivity contribution in [1.82, 2.24) is 0 Å². The summed E-state index contributed by atoms with van der Waals surface area (Å²) >= 11 is 0.